The zero-order chi connectivity index (χ0) is 32.1. The van der Waals surface area contributed by atoms with Gasteiger partial charge in [-0.05, 0) is 81.1 Å². The highest BCUT2D eigenvalue weighted by molar-refractivity contribution is 5.80. The second kappa shape index (κ2) is 16.4. The minimum Gasteiger partial charge on any atom is -0.298 e. The molecule has 0 fully saturated rings. The molecule has 240 valence electrons. The fraction of sp³-hybridized carbons (Fsp3) is 0.862. The van der Waals surface area contributed by atoms with Gasteiger partial charge in [-0.25, -0.2) is 19.2 Å². The van der Waals surface area contributed by atoms with Gasteiger partial charge in [0.15, 0.2) is 0 Å². The van der Waals surface area contributed by atoms with E-state index in [1.165, 1.54) is 0 Å². The van der Waals surface area contributed by atoms with Crippen molar-refractivity contribution in [3.05, 3.63) is 0 Å². The Hall–Kier alpha value is -2.28. The van der Waals surface area contributed by atoms with Crippen molar-refractivity contribution in [3.63, 3.8) is 0 Å². The van der Waals surface area contributed by atoms with Gasteiger partial charge in [0.1, 0.15) is 22.4 Å². The largest absolute Gasteiger partial charge is 0.342 e. The van der Waals surface area contributed by atoms with Crippen LogP contribution in [0.15, 0.2) is 0 Å². The Labute approximate surface area is 244 Å². The molecule has 0 rings (SSSR count). The van der Waals surface area contributed by atoms with E-state index in [0.29, 0.717) is 25.7 Å². The molecule has 0 amide bonds. The summed E-state index contributed by atoms with van der Waals surface area (Å²) in [6, 6.07) is 0. The van der Waals surface area contributed by atoms with E-state index in [4.69, 9.17) is 39.1 Å². The fourth-order valence-corrected chi connectivity index (χ4v) is 2.59. The molecule has 0 aliphatic heterocycles. The maximum absolute atomic E-state index is 13.0. The molecule has 0 saturated heterocycles. The third-order valence-corrected chi connectivity index (χ3v) is 6.92. The van der Waals surface area contributed by atoms with E-state index in [0.717, 1.165) is 0 Å². The molecule has 0 heterocycles. The molecule has 0 N–H and O–H groups in total. The van der Waals surface area contributed by atoms with Crippen LogP contribution in [0.2, 0.25) is 0 Å². The van der Waals surface area contributed by atoms with Crippen LogP contribution < -0.4 is 0 Å². The lowest BCUT2D eigenvalue weighted by molar-refractivity contribution is -0.334. The Balaban J connectivity index is 6.24. The third-order valence-electron chi connectivity index (χ3n) is 6.92. The number of hydrogen-bond acceptors (Lipinski definition) is 12. The fourth-order valence-electron chi connectivity index (χ4n) is 2.59. The summed E-state index contributed by atoms with van der Waals surface area (Å²) in [7, 11) is 0. The van der Waals surface area contributed by atoms with Gasteiger partial charge in [0, 0.05) is 5.41 Å². The van der Waals surface area contributed by atoms with Crippen LogP contribution in [0, 0.1) is 5.41 Å². The van der Waals surface area contributed by atoms with Crippen LogP contribution >= 0.6 is 0 Å². The molecule has 0 atom stereocenters. The molecule has 0 aromatic rings. The summed E-state index contributed by atoms with van der Waals surface area (Å²) in [5, 5.41) is 0. The molecule has 0 unspecified atom stereocenters. The lowest BCUT2D eigenvalue weighted by Crippen LogP contribution is -2.37. The summed E-state index contributed by atoms with van der Waals surface area (Å²) in [4.78, 5) is 92.8. The number of hydrogen-bond donors (Lipinski definition) is 0. The molecule has 0 aromatic heterocycles. The SMILES string of the molecule is CCC(C)(C)OOC(=O)CC(CC(=O)OOC(C)(C)CC)(CC(=O)OOC(C)(C)CC)CC(=O)OOC(C)(C)CC. The topological polar surface area (TPSA) is 142 Å². The van der Waals surface area contributed by atoms with Crippen LogP contribution in [0.3, 0.4) is 0 Å². The molecule has 12 nitrogen and oxygen atoms in total. The highest BCUT2D eigenvalue weighted by Crippen LogP contribution is 2.38. The molecule has 12 heteroatoms. The van der Waals surface area contributed by atoms with Crippen molar-refractivity contribution < 1.29 is 58.3 Å². The van der Waals surface area contributed by atoms with Crippen molar-refractivity contribution >= 4 is 23.9 Å². The van der Waals surface area contributed by atoms with E-state index in [9.17, 15) is 19.2 Å². The average molecular weight is 593 g/mol. The smallest absolute Gasteiger partial charge is 0.298 e. The highest BCUT2D eigenvalue weighted by atomic mass is 17.2. The Morgan fingerprint density at radius 2 is 0.561 bits per heavy atom. The summed E-state index contributed by atoms with van der Waals surface area (Å²) >= 11 is 0. The maximum Gasteiger partial charge on any atom is 0.342 e. The van der Waals surface area contributed by atoms with Gasteiger partial charge in [0.25, 0.3) is 0 Å². The Morgan fingerprint density at radius 1 is 0.390 bits per heavy atom. The monoisotopic (exact) mass is 592 g/mol. The van der Waals surface area contributed by atoms with Crippen molar-refractivity contribution in [2.75, 3.05) is 0 Å². The van der Waals surface area contributed by atoms with Gasteiger partial charge in [-0.2, -0.15) is 19.6 Å². The summed E-state index contributed by atoms with van der Waals surface area (Å²) in [5.74, 6) is -3.72. The highest BCUT2D eigenvalue weighted by Gasteiger charge is 2.44. The Kier molecular flexibility index (Phi) is 15.5. The first-order valence-corrected chi connectivity index (χ1v) is 14.2. The van der Waals surface area contributed by atoms with Crippen LogP contribution in [0.5, 0.6) is 0 Å². The molecule has 41 heavy (non-hydrogen) atoms. The van der Waals surface area contributed by atoms with Crippen molar-refractivity contribution in [1.82, 2.24) is 0 Å². The first-order chi connectivity index (χ1) is 18.6. The molecule has 0 aliphatic rings. The average Bonchev–Trinajstić information content (AvgIpc) is 2.88. The van der Waals surface area contributed by atoms with Crippen molar-refractivity contribution in [1.29, 1.82) is 0 Å². The van der Waals surface area contributed by atoms with E-state index in [1.54, 1.807) is 55.4 Å². The first kappa shape index (κ1) is 38.7. The minimum atomic E-state index is -1.73. The Bertz CT molecular complexity index is 718. The van der Waals surface area contributed by atoms with Gasteiger partial charge in [0.05, 0.1) is 25.7 Å². The molecular weight excluding hydrogens is 540 g/mol. The van der Waals surface area contributed by atoms with E-state index in [-0.39, 0.29) is 0 Å². The zero-order valence-electron chi connectivity index (χ0n) is 27.1. The van der Waals surface area contributed by atoms with Gasteiger partial charge >= 0.3 is 23.9 Å². The van der Waals surface area contributed by atoms with Crippen LogP contribution in [0.1, 0.15) is 134 Å². The van der Waals surface area contributed by atoms with Gasteiger partial charge in [-0.3, -0.25) is 19.6 Å². The van der Waals surface area contributed by atoms with E-state index in [2.05, 4.69) is 0 Å². The normalized spacial score (nSPS) is 13.0. The van der Waals surface area contributed by atoms with E-state index < -0.39 is 77.4 Å². The summed E-state index contributed by atoms with van der Waals surface area (Å²) < 4.78 is 0. The third kappa shape index (κ3) is 16.7. The van der Waals surface area contributed by atoms with Crippen molar-refractivity contribution in [2.24, 2.45) is 5.41 Å². The van der Waals surface area contributed by atoms with Crippen molar-refractivity contribution in [3.8, 4) is 0 Å². The molecule has 0 radical (unpaired) electrons. The minimum absolute atomic E-state index is 0.524. The maximum atomic E-state index is 13.0. The lowest BCUT2D eigenvalue weighted by Gasteiger charge is -2.31. The quantitative estimate of drug-likeness (QED) is 0.117. The van der Waals surface area contributed by atoms with Crippen LogP contribution in [0.4, 0.5) is 0 Å². The molecule has 0 spiro atoms. The second-order valence-corrected chi connectivity index (χ2v) is 12.8. The van der Waals surface area contributed by atoms with E-state index >= 15 is 0 Å². The first-order valence-electron chi connectivity index (χ1n) is 14.2. The van der Waals surface area contributed by atoms with Gasteiger partial charge < -0.3 is 0 Å². The van der Waals surface area contributed by atoms with Gasteiger partial charge in [-0.15, -0.1) is 0 Å². The molecule has 0 aliphatic carbocycles. The summed E-state index contributed by atoms with van der Waals surface area (Å²) in [5.41, 5.74) is -4.93. The molecule has 0 saturated carbocycles. The van der Waals surface area contributed by atoms with Gasteiger partial charge in [-0.1, -0.05) is 27.7 Å². The molecule has 0 aromatic carbocycles. The van der Waals surface area contributed by atoms with Crippen molar-refractivity contribution in [2.45, 2.75) is 157 Å². The van der Waals surface area contributed by atoms with Gasteiger partial charge in [0.2, 0.25) is 0 Å². The van der Waals surface area contributed by atoms with Crippen LogP contribution in [-0.4, -0.2) is 46.3 Å². The summed E-state index contributed by atoms with van der Waals surface area (Å²) in [6.07, 6.45) is -0.358. The number of carbonyl (C=O) groups excluding carboxylic acids is 4. The van der Waals surface area contributed by atoms with Crippen LogP contribution in [-0.2, 0) is 58.3 Å². The number of carbonyl (C=O) groups is 4. The summed E-state index contributed by atoms with van der Waals surface area (Å²) in [6.45, 7) is 21.1. The number of rotatable bonds is 20. The molecule has 0 bridgehead atoms. The standard InChI is InChI=1S/C29H52O12/c1-13-25(5,6)38-34-21(30)17-29(18-22(31)35-39-26(7,8)14-2,19-23(32)36-40-27(9,10)15-3)20-24(33)37-41-28(11,12)16-4/h13-20H2,1-12H3. The van der Waals surface area contributed by atoms with E-state index in [1.807, 2.05) is 27.7 Å². The lowest BCUT2D eigenvalue weighted by atomic mass is 9.75. The predicted molar refractivity (Wildman–Crippen MR) is 147 cm³/mol. The predicted octanol–water partition coefficient (Wildman–Crippen LogP) is 6.19. The van der Waals surface area contributed by atoms with Crippen LogP contribution in [0.25, 0.3) is 0 Å². The zero-order valence-corrected chi connectivity index (χ0v) is 27.1. The second-order valence-electron chi connectivity index (χ2n) is 12.8. The molecular formula is C29H52O12. The Morgan fingerprint density at radius 3 is 0.707 bits per heavy atom.